The van der Waals surface area contributed by atoms with Crippen molar-refractivity contribution in [2.45, 2.75) is 65.0 Å². The number of carbonyl (C=O) groups excluding carboxylic acids is 2. The molecule has 1 heterocycles. The molecule has 1 aliphatic rings. The lowest BCUT2D eigenvalue weighted by molar-refractivity contribution is -0.161. The molecule has 1 aromatic rings. The Morgan fingerprint density at radius 2 is 1.96 bits per heavy atom. The van der Waals surface area contributed by atoms with Gasteiger partial charge in [-0.25, -0.2) is 14.0 Å². The van der Waals surface area contributed by atoms with Gasteiger partial charge in [0, 0.05) is 0 Å². The minimum absolute atomic E-state index is 0.168. The fraction of sp³-hybridized carbons (Fsp3) is 0.579. The van der Waals surface area contributed by atoms with Gasteiger partial charge < -0.3 is 14.2 Å². The molecule has 0 radical (unpaired) electrons. The summed E-state index contributed by atoms with van der Waals surface area (Å²) in [5.74, 6) is -1.08. The summed E-state index contributed by atoms with van der Waals surface area (Å²) in [6, 6.07) is 4.86. The molecule has 1 aromatic carbocycles. The first-order valence-electron chi connectivity index (χ1n) is 8.58. The molecule has 0 unspecified atom stereocenters. The molecule has 144 valence electrons. The molecule has 0 aromatic heterocycles. The number of ether oxygens (including phenoxy) is 3. The summed E-state index contributed by atoms with van der Waals surface area (Å²) in [7, 11) is 0. The molecule has 2 rings (SSSR count). The maximum Gasteiger partial charge on any atom is 0.413 e. The van der Waals surface area contributed by atoms with E-state index in [4.69, 9.17) is 14.2 Å². The van der Waals surface area contributed by atoms with Crippen molar-refractivity contribution in [3.8, 4) is 0 Å². The Bertz CT molecular complexity index is 683. The summed E-state index contributed by atoms with van der Waals surface area (Å²) in [4.78, 5) is 26.6. The first-order valence-corrected chi connectivity index (χ1v) is 8.58. The molecule has 1 aliphatic heterocycles. The second kappa shape index (κ2) is 7.23. The van der Waals surface area contributed by atoms with E-state index < -0.39 is 41.4 Å². The van der Waals surface area contributed by atoms with Gasteiger partial charge in [0.25, 0.3) is 0 Å². The van der Waals surface area contributed by atoms with Crippen molar-refractivity contribution in [1.29, 1.82) is 0 Å². The van der Waals surface area contributed by atoms with Crippen LogP contribution in [0.1, 0.15) is 53.1 Å². The highest BCUT2D eigenvalue weighted by Gasteiger charge is 2.55. The molecule has 0 bridgehead atoms. The third kappa shape index (κ3) is 4.33. The molecule has 0 N–H and O–H groups in total. The van der Waals surface area contributed by atoms with Crippen LogP contribution in [0.15, 0.2) is 24.3 Å². The van der Waals surface area contributed by atoms with Crippen molar-refractivity contribution in [3.05, 3.63) is 35.6 Å². The second-order valence-electron chi connectivity index (χ2n) is 7.59. The van der Waals surface area contributed by atoms with Gasteiger partial charge in [-0.2, -0.15) is 0 Å². The quantitative estimate of drug-likeness (QED) is 0.760. The molecule has 0 aliphatic carbocycles. The standard InChI is InChI=1S/C19H26FNO5/c1-7-24-16(22)15-14(12-9-8-10-13(20)11-12)21(19(5,6)25-15)17(23)26-18(2,3)4/h8-11,14-15H,7H2,1-6H3/t14-,15+/m0/s1. The van der Waals surface area contributed by atoms with Crippen molar-refractivity contribution in [2.24, 2.45) is 0 Å². The fourth-order valence-electron chi connectivity index (χ4n) is 2.96. The summed E-state index contributed by atoms with van der Waals surface area (Å²) in [5, 5.41) is 0. The van der Waals surface area contributed by atoms with E-state index in [2.05, 4.69) is 0 Å². The van der Waals surface area contributed by atoms with Crippen LogP contribution in [0.25, 0.3) is 0 Å². The van der Waals surface area contributed by atoms with E-state index >= 15 is 0 Å². The minimum atomic E-state index is -1.14. The van der Waals surface area contributed by atoms with E-state index in [9.17, 15) is 14.0 Å². The lowest BCUT2D eigenvalue weighted by Gasteiger charge is -2.35. The topological polar surface area (TPSA) is 65.1 Å². The van der Waals surface area contributed by atoms with Crippen LogP contribution < -0.4 is 0 Å². The van der Waals surface area contributed by atoms with Crippen molar-refractivity contribution in [3.63, 3.8) is 0 Å². The summed E-state index contributed by atoms with van der Waals surface area (Å²) >= 11 is 0. The summed E-state index contributed by atoms with van der Waals surface area (Å²) in [6.07, 6.45) is -1.73. The number of halogens is 1. The van der Waals surface area contributed by atoms with Crippen LogP contribution in [-0.4, -0.2) is 41.0 Å². The Balaban J connectivity index is 2.50. The molecule has 26 heavy (non-hydrogen) atoms. The SMILES string of the molecule is CCOC(=O)[C@@H]1OC(C)(C)N(C(=O)OC(C)(C)C)[C@H]1c1cccc(F)c1. The average Bonchev–Trinajstić information content (AvgIpc) is 2.77. The summed E-state index contributed by atoms with van der Waals surface area (Å²) in [6.45, 7) is 10.4. The van der Waals surface area contributed by atoms with E-state index in [1.165, 1.54) is 23.1 Å². The van der Waals surface area contributed by atoms with E-state index in [0.717, 1.165) is 0 Å². The lowest BCUT2D eigenvalue weighted by Crippen LogP contribution is -2.47. The van der Waals surface area contributed by atoms with Crippen LogP contribution in [-0.2, 0) is 19.0 Å². The molecule has 2 atom stereocenters. The predicted octanol–water partition coefficient (Wildman–Crippen LogP) is 3.80. The highest BCUT2D eigenvalue weighted by molar-refractivity contribution is 5.79. The Morgan fingerprint density at radius 1 is 1.31 bits per heavy atom. The van der Waals surface area contributed by atoms with Gasteiger partial charge in [0.2, 0.25) is 0 Å². The van der Waals surface area contributed by atoms with Crippen molar-refractivity contribution in [1.82, 2.24) is 4.90 Å². The fourth-order valence-corrected chi connectivity index (χ4v) is 2.96. The zero-order valence-corrected chi connectivity index (χ0v) is 16.0. The molecule has 7 heteroatoms. The predicted molar refractivity (Wildman–Crippen MR) is 92.8 cm³/mol. The van der Waals surface area contributed by atoms with E-state index in [0.29, 0.717) is 5.56 Å². The second-order valence-corrected chi connectivity index (χ2v) is 7.59. The maximum absolute atomic E-state index is 13.8. The minimum Gasteiger partial charge on any atom is -0.464 e. The van der Waals surface area contributed by atoms with Crippen molar-refractivity contribution >= 4 is 12.1 Å². The normalized spacial score (nSPS) is 22.2. The van der Waals surface area contributed by atoms with Gasteiger partial charge in [-0.05, 0) is 59.2 Å². The van der Waals surface area contributed by atoms with Crippen molar-refractivity contribution < 1.29 is 28.2 Å². The molecule has 0 saturated carbocycles. The first-order chi connectivity index (χ1) is 12.0. The Hall–Kier alpha value is -2.15. The number of rotatable bonds is 3. The van der Waals surface area contributed by atoms with Gasteiger partial charge in [-0.3, -0.25) is 4.90 Å². The molecule has 1 saturated heterocycles. The van der Waals surface area contributed by atoms with Crippen LogP contribution in [0.3, 0.4) is 0 Å². The highest BCUT2D eigenvalue weighted by Crippen LogP contribution is 2.43. The van der Waals surface area contributed by atoms with Crippen LogP contribution in [0, 0.1) is 5.82 Å². The number of nitrogens with zero attached hydrogens (tertiary/aromatic N) is 1. The van der Waals surface area contributed by atoms with Crippen molar-refractivity contribution in [2.75, 3.05) is 6.61 Å². The largest absolute Gasteiger partial charge is 0.464 e. The molecule has 6 nitrogen and oxygen atoms in total. The number of amides is 1. The van der Waals surface area contributed by atoms with Crippen LogP contribution in [0.2, 0.25) is 0 Å². The number of carbonyl (C=O) groups is 2. The molecule has 0 spiro atoms. The molecule has 1 amide bonds. The zero-order valence-electron chi connectivity index (χ0n) is 16.0. The molecular formula is C19H26FNO5. The van der Waals surface area contributed by atoms with E-state index in [1.54, 1.807) is 47.6 Å². The van der Waals surface area contributed by atoms with Gasteiger partial charge in [0.1, 0.15) is 23.2 Å². The summed E-state index contributed by atoms with van der Waals surface area (Å²) < 4.78 is 30.2. The Morgan fingerprint density at radius 3 is 2.50 bits per heavy atom. The lowest BCUT2D eigenvalue weighted by atomic mass is 10.00. The maximum atomic E-state index is 13.8. The van der Waals surface area contributed by atoms with Gasteiger partial charge in [0.15, 0.2) is 6.10 Å². The molecule has 1 fully saturated rings. The molecular weight excluding hydrogens is 341 g/mol. The number of hydrogen-bond donors (Lipinski definition) is 0. The monoisotopic (exact) mass is 367 g/mol. The Labute approximate surface area is 153 Å². The van der Waals surface area contributed by atoms with Gasteiger partial charge >= 0.3 is 12.1 Å². The van der Waals surface area contributed by atoms with Gasteiger partial charge in [0.05, 0.1) is 6.61 Å². The van der Waals surface area contributed by atoms with Gasteiger partial charge in [-0.1, -0.05) is 12.1 Å². The first kappa shape index (κ1) is 20.2. The number of esters is 1. The van der Waals surface area contributed by atoms with Crippen LogP contribution in [0.5, 0.6) is 0 Å². The average molecular weight is 367 g/mol. The number of hydrogen-bond acceptors (Lipinski definition) is 5. The van der Waals surface area contributed by atoms with Crippen LogP contribution in [0.4, 0.5) is 9.18 Å². The van der Waals surface area contributed by atoms with E-state index in [-0.39, 0.29) is 6.61 Å². The smallest absolute Gasteiger partial charge is 0.413 e. The van der Waals surface area contributed by atoms with E-state index in [1.807, 2.05) is 0 Å². The Kier molecular flexibility index (Phi) is 5.61. The van der Waals surface area contributed by atoms with Gasteiger partial charge in [-0.15, -0.1) is 0 Å². The highest BCUT2D eigenvalue weighted by atomic mass is 19.1. The van der Waals surface area contributed by atoms with Crippen LogP contribution >= 0.6 is 0 Å². The zero-order chi connectivity index (χ0) is 19.7. The third-order valence-corrected chi connectivity index (χ3v) is 3.86. The number of benzene rings is 1. The summed E-state index contributed by atoms with van der Waals surface area (Å²) in [5.41, 5.74) is -1.45. The third-order valence-electron chi connectivity index (χ3n) is 3.86.